The predicted octanol–water partition coefficient (Wildman–Crippen LogP) is 4.27. The fourth-order valence-corrected chi connectivity index (χ4v) is 2.16. The fourth-order valence-electron chi connectivity index (χ4n) is 1.81. The summed E-state index contributed by atoms with van der Waals surface area (Å²) in [6.07, 6.45) is 0. The zero-order chi connectivity index (χ0) is 15.6. The molecule has 0 saturated carbocycles. The van der Waals surface area contributed by atoms with Crippen LogP contribution in [0, 0.1) is 6.92 Å². The highest BCUT2D eigenvalue weighted by atomic mass is 35.5. The number of methoxy groups -OCH3 is 1. The monoisotopic (exact) mass is 325 g/mol. The molecule has 2 rings (SSSR count). The van der Waals surface area contributed by atoms with E-state index in [-0.39, 0.29) is 16.3 Å². The lowest BCUT2D eigenvalue weighted by Gasteiger charge is -2.13. The largest absolute Gasteiger partial charge is 0.508 e. The summed E-state index contributed by atoms with van der Waals surface area (Å²) < 4.78 is 5.19. The third-order valence-corrected chi connectivity index (χ3v) is 3.66. The number of carbonyl (C=O) groups excluding carboxylic acids is 1. The van der Waals surface area contributed by atoms with Crippen molar-refractivity contribution in [3.63, 3.8) is 0 Å². The molecule has 0 saturated heterocycles. The molecule has 0 heterocycles. The number of anilines is 1. The van der Waals surface area contributed by atoms with Crippen molar-refractivity contribution in [3.8, 4) is 11.5 Å². The topological polar surface area (TPSA) is 58.6 Å². The van der Waals surface area contributed by atoms with Gasteiger partial charge in [-0.2, -0.15) is 0 Å². The Labute approximate surface area is 132 Å². The highest BCUT2D eigenvalue weighted by molar-refractivity contribution is 6.34. The third-order valence-electron chi connectivity index (χ3n) is 2.92. The average Bonchev–Trinajstić information content (AvgIpc) is 2.45. The highest BCUT2D eigenvalue weighted by Gasteiger charge is 2.15. The predicted molar refractivity (Wildman–Crippen MR) is 83.8 cm³/mol. The van der Waals surface area contributed by atoms with E-state index >= 15 is 0 Å². The fraction of sp³-hybridized carbons (Fsp3) is 0.133. The van der Waals surface area contributed by atoms with E-state index in [1.807, 2.05) is 6.92 Å². The molecule has 0 spiro atoms. The Morgan fingerprint density at radius 1 is 1.19 bits per heavy atom. The number of phenolic OH excluding ortho intramolecular Hbond substituents is 1. The van der Waals surface area contributed by atoms with Gasteiger partial charge in [-0.25, -0.2) is 0 Å². The average molecular weight is 326 g/mol. The molecular formula is C15H13Cl2NO3. The quantitative estimate of drug-likeness (QED) is 0.886. The van der Waals surface area contributed by atoms with Gasteiger partial charge in [-0.3, -0.25) is 4.79 Å². The Kier molecular flexibility index (Phi) is 4.60. The second-order valence-electron chi connectivity index (χ2n) is 4.42. The lowest BCUT2D eigenvalue weighted by molar-refractivity contribution is 0.102. The van der Waals surface area contributed by atoms with Crippen molar-refractivity contribution in [2.24, 2.45) is 0 Å². The van der Waals surface area contributed by atoms with Crippen LogP contribution in [0.5, 0.6) is 11.5 Å². The van der Waals surface area contributed by atoms with Gasteiger partial charge in [-0.1, -0.05) is 23.2 Å². The summed E-state index contributed by atoms with van der Waals surface area (Å²) in [6, 6.07) is 7.49. The number of nitrogens with one attached hydrogen (secondary N) is 1. The van der Waals surface area contributed by atoms with Gasteiger partial charge in [0, 0.05) is 11.1 Å². The van der Waals surface area contributed by atoms with Crippen LogP contribution in [0.25, 0.3) is 0 Å². The van der Waals surface area contributed by atoms with Crippen LogP contribution >= 0.6 is 23.2 Å². The van der Waals surface area contributed by atoms with E-state index < -0.39 is 5.91 Å². The van der Waals surface area contributed by atoms with Crippen LogP contribution in [0.4, 0.5) is 5.69 Å². The zero-order valence-electron chi connectivity index (χ0n) is 11.4. The summed E-state index contributed by atoms with van der Waals surface area (Å²) in [7, 11) is 1.48. The molecule has 0 fully saturated rings. The van der Waals surface area contributed by atoms with Gasteiger partial charge in [0.15, 0.2) is 0 Å². The first-order valence-electron chi connectivity index (χ1n) is 6.06. The minimum Gasteiger partial charge on any atom is -0.508 e. The van der Waals surface area contributed by atoms with E-state index in [1.54, 1.807) is 12.1 Å². The molecule has 6 heteroatoms. The summed E-state index contributed by atoms with van der Waals surface area (Å²) in [5, 5.41) is 12.9. The summed E-state index contributed by atoms with van der Waals surface area (Å²) in [6.45, 7) is 1.82. The van der Waals surface area contributed by atoms with E-state index in [9.17, 15) is 9.90 Å². The maximum absolute atomic E-state index is 12.3. The number of aryl methyl sites for hydroxylation is 1. The van der Waals surface area contributed by atoms with Crippen LogP contribution in [-0.2, 0) is 0 Å². The Morgan fingerprint density at radius 2 is 1.90 bits per heavy atom. The molecule has 110 valence electrons. The summed E-state index contributed by atoms with van der Waals surface area (Å²) >= 11 is 12.0. The SMILES string of the molecule is COc1cc(Cl)c(C)cc1NC(=O)c1cc(O)ccc1Cl. The highest BCUT2D eigenvalue weighted by Crippen LogP contribution is 2.32. The molecule has 0 radical (unpaired) electrons. The third kappa shape index (κ3) is 3.40. The van der Waals surface area contributed by atoms with Crippen molar-refractivity contribution < 1.29 is 14.6 Å². The maximum Gasteiger partial charge on any atom is 0.257 e. The van der Waals surface area contributed by atoms with Crippen molar-refractivity contribution in [2.45, 2.75) is 6.92 Å². The lowest BCUT2D eigenvalue weighted by atomic mass is 10.1. The number of carbonyl (C=O) groups is 1. The van der Waals surface area contributed by atoms with Crippen LogP contribution < -0.4 is 10.1 Å². The van der Waals surface area contributed by atoms with Gasteiger partial charge in [0.1, 0.15) is 11.5 Å². The molecule has 0 bridgehead atoms. The molecule has 2 N–H and O–H groups in total. The summed E-state index contributed by atoms with van der Waals surface area (Å²) in [5.74, 6) is -0.0463. The molecular weight excluding hydrogens is 313 g/mol. The number of ether oxygens (including phenoxy) is 1. The first kappa shape index (κ1) is 15.5. The van der Waals surface area contributed by atoms with Gasteiger partial charge < -0.3 is 15.2 Å². The second kappa shape index (κ2) is 6.24. The Hall–Kier alpha value is -1.91. The van der Waals surface area contributed by atoms with Crippen molar-refractivity contribution in [1.82, 2.24) is 0 Å². The Morgan fingerprint density at radius 3 is 2.57 bits per heavy atom. The number of halogens is 2. The van der Waals surface area contributed by atoms with Crippen LogP contribution in [0.1, 0.15) is 15.9 Å². The van der Waals surface area contributed by atoms with Crippen molar-refractivity contribution in [2.75, 3.05) is 12.4 Å². The van der Waals surface area contributed by atoms with Gasteiger partial charge in [-0.15, -0.1) is 0 Å². The molecule has 0 aromatic heterocycles. The molecule has 0 unspecified atom stereocenters. The van der Waals surface area contributed by atoms with Crippen LogP contribution in [-0.4, -0.2) is 18.1 Å². The smallest absolute Gasteiger partial charge is 0.257 e. The maximum atomic E-state index is 12.3. The Balaban J connectivity index is 2.35. The number of aromatic hydroxyl groups is 1. The van der Waals surface area contributed by atoms with E-state index in [0.717, 1.165) is 5.56 Å². The van der Waals surface area contributed by atoms with Crippen molar-refractivity contribution >= 4 is 34.8 Å². The first-order chi connectivity index (χ1) is 9.92. The standard InChI is InChI=1S/C15H13Cl2NO3/c1-8-5-13(14(21-2)7-12(8)17)18-15(20)10-6-9(19)3-4-11(10)16/h3-7,19H,1-2H3,(H,18,20). The molecule has 0 aliphatic heterocycles. The van der Waals surface area contributed by atoms with Gasteiger partial charge in [0.05, 0.1) is 23.4 Å². The number of hydrogen-bond acceptors (Lipinski definition) is 3. The molecule has 0 atom stereocenters. The number of phenols is 1. The molecule has 2 aromatic rings. The van der Waals surface area contributed by atoms with Gasteiger partial charge in [-0.05, 0) is 36.8 Å². The van der Waals surface area contributed by atoms with Crippen LogP contribution in [0.15, 0.2) is 30.3 Å². The van der Waals surface area contributed by atoms with Gasteiger partial charge in [0.2, 0.25) is 0 Å². The number of rotatable bonds is 3. The number of amides is 1. The number of benzene rings is 2. The van der Waals surface area contributed by atoms with E-state index in [0.29, 0.717) is 16.5 Å². The lowest BCUT2D eigenvalue weighted by Crippen LogP contribution is -2.13. The van der Waals surface area contributed by atoms with Gasteiger partial charge >= 0.3 is 0 Å². The number of hydrogen-bond donors (Lipinski definition) is 2. The molecule has 4 nitrogen and oxygen atoms in total. The minimum atomic E-state index is -0.448. The first-order valence-corrected chi connectivity index (χ1v) is 6.82. The van der Waals surface area contributed by atoms with Crippen molar-refractivity contribution in [1.29, 1.82) is 0 Å². The van der Waals surface area contributed by atoms with E-state index in [2.05, 4.69) is 5.32 Å². The van der Waals surface area contributed by atoms with E-state index in [1.165, 1.54) is 25.3 Å². The second-order valence-corrected chi connectivity index (χ2v) is 5.23. The minimum absolute atomic E-state index is 0.0381. The summed E-state index contributed by atoms with van der Waals surface area (Å²) in [4.78, 5) is 12.3. The molecule has 0 aliphatic carbocycles. The van der Waals surface area contributed by atoms with Gasteiger partial charge in [0.25, 0.3) is 5.91 Å². The molecule has 1 amide bonds. The normalized spacial score (nSPS) is 10.3. The molecule has 2 aromatic carbocycles. The van der Waals surface area contributed by atoms with E-state index in [4.69, 9.17) is 27.9 Å². The molecule has 0 aliphatic rings. The zero-order valence-corrected chi connectivity index (χ0v) is 12.9. The Bertz CT molecular complexity index is 702. The van der Waals surface area contributed by atoms with Crippen LogP contribution in [0.3, 0.4) is 0 Å². The van der Waals surface area contributed by atoms with Crippen LogP contribution in [0.2, 0.25) is 10.0 Å². The summed E-state index contributed by atoms with van der Waals surface area (Å²) in [5.41, 5.74) is 1.45. The van der Waals surface area contributed by atoms with Crippen molar-refractivity contribution in [3.05, 3.63) is 51.5 Å². The molecule has 21 heavy (non-hydrogen) atoms.